The molecule has 1 radical (unpaired) electrons. The van der Waals surface area contributed by atoms with Gasteiger partial charge in [0.1, 0.15) is 0 Å². The minimum Gasteiger partial charge on any atom is -0.359 e. The zero-order valence-electron chi connectivity index (χ0n) is 8.23. The molecule has 0 aromatic carbocycles. The second kappa shape index (κ2) is 7.14. The van der Waals surface area contributed by atoms with Crippen LogP contribution in [0, 0.1) is 12.8 Å². The van der Waals surface area contributed by atoms with Crippen molar-refractivity contribution in [3.63, 3.8) is 0 Å². The maximum Gasteiger partial charge on any atom is 0.222 e. The summed E-state index contributed by atoms with van der Waals surface area (Å²) >= 11 is 0. The van der Waals surface area contributed by atoms with Gasteiger partial charge in [0.05, 0.1) is 0 Å². The Morgan fingerprint density at radius 3 is 2.58 bits per heavy atom. The van der Waals surface area contributed by atoms with Crippen LogP contribution < -0.4 is 5.32 Å². The molecule has 0 heterocycles. The Bertz CT molecular complexity index is 123. The molecule has 0 spiro atoms. The van der Waals surface area contributed by atoms with Crippen LogP contribution in [0.1, 0.15) is 39.0 Å². The van der Waals surface area contributed by atoms with Crippen molar-refractivity contribution in [3.05, 3.63) is 6.92 Å². The molecule has 1 N–H and O–H groups in total. The number of carbonyl (C=O) groups is 1. The third kappa shape index (κ3) is 4.37. The number of hydrogen-bond donors (Lipinski definition) is 1. The van der Waals surface area contributed by atoms with E-state index in [0.29, 0.717) is 0 Å². The Balaban J connectivity index is 3.60. The van der Waals surface area contributed by atoms with Gasteiger partial charge in [-0.2, -0.15) is 0 Å². The van der Waals surface area contributed by atoms with E-state index in [2.05, 4.69) is 19.2 Å². The predicted molar refractivity (Wildman–Crippen MR) is 51.7 cm³/mol. The van der Waals surface area contributed by atoms with E-state index < -0.39 is 0 Å². The summed E-state index contributed by atoms with van der Waals surface area (Å²) in [6, 6.07) is 0. The largest absolute Gasteiger partial charge is 0.359 e. The Labute approximate surface area is 75.7 Å². The Morgan fingerprint density at radius 2 is 2.17 bits per heavy atom. The molecule has 0 aliphatic heterocycles. The van der Waals surface area contributed by atoms with Crippen molar-refractivity contribution >= 4 is 5.91 Å². The third-order valence-electron chi connectivity index (χ3n) is 2.16. The highest BCUT2D eigenvalue weighted by Crippen LogP contribution is 2.13. The van der Waals surface area contributed by atoms with Gasteiger partial charge in [0, 0.05) is 13.0 Å². The Kier molecular flexibility index (Phi) is 6.82. The zero-order chi connectivity index (χ0) is 9.40. The molecule has 1 unspecified atom stereocenters. The summed E-state index contributed by atoms with van der Waals surface area (Å²) in [5.74, 6) is 0.392. The van der Waals surface area contributed by atoms with E-state index in [4.69, 9.17) is 0 Å². The first-order chi connectivity index (χ1) is 5.76. The molecule has 71 valence electrons. The molecular weight excluding hydrogens is 150 g/mol. The molecule has 1 amide bonds. The van der Waals surface area contributed by atoms with Crippen molar-refractivity contribution in [3.8, 4) is 0 Å². The monoisotopic (exact) mass is 170 g/mol. The van der Waals surface area contributed by atoms with Crippen LogP contribution in [-0.4, -0.2) is 13.0 Å². The molecular formula is C10H20NO. The fraction of sp³-hybridized carbons (Fsp3) is 0.800. The molecule has 12 heavy (non-hydrogen) atoms. The van der Waals surface area contributed by atoms with Gasteiger partial charge in [0.2, 0.25) is 5.91 Å². The fourth-order valence-electron chi connectivity index (χ4n) is 1.29. The van der Waals surface area contributed by atoms with Crippen molar-refractivity contribution in [2.45, 2.75) is 39.0 Å². The standard InChI is InChI=1S/C10H20NO/c1-4-6-7-8-9(5-2)10(12)11-3/h9H,1,4-8H2,2-3H3,(H,11,12). The first-order valence-corrected chi connectivity index (χ1v) is 4.77. The number of unbranched alkanes of at least 4 members (excludes halogenated alkanes) is 2. The highest BCUT2D eigenvalue weighted by Gasteiger charge is 2.13. The van der Waals surface area contributed by atoms with Gasteiger partial charge >= 0.3 is 0 Å². The van der Waals surface area contributed by atoms with Crippen molar-refractivity contribution in [1.29, 1.82) is 0 Å². The summed E-state index contributed by atoms with van der Waals surface area (Å²) in [4.78, 5) is 11.2. The average molecular weight is 170 g/mol. The van der Waals surface area contributed by atoms with Gasteiger partial charge in [-0.05, 0) is 12.8 Å². The molecule has 0 rings (SSSR count). The highest BCUT2D eigenvalue weighted by molar-refractivity contribution is 5.78. The molecule has 0 aromatic heterocycles. The van der Waals surface area contributed by atoms with Gasteiger partial charge in [-0.3, -0.25) is 4.79 Å². The zero-order valence-corrected chi connectivity index (χ0v) is 8.23. The SMILES string of the molecule is [CH2]CCCCC(CC)C(=O)NC. The number of carbonyl (C=O) groups excluding carboxylic acids is 1. The van der Waals surface area contributed by atoms with Crippen LogP contribution >= 0.6 is 0 Å². The Hall–Kier alpha value is -0.530. The van der Waals surface area contributed by atoms with E-state index in [-0.39, 0.29) is 11.8 Å². The second-order valence-electron chi connectivity index (χ2n) is 3.07. The summed E-state index contributed by atoms with van der Waals surface area (Å²) in [6.45, 7) is 5.83. The molecule has 0 aliphatic carbocycles. The average Bonchev–Trinajstić information content (AvgIpc) is 2.11. The van der Waals surface area contributed by atoms with Crippen LogP contribution in [0.2, 0.25) is 0 Å². The van der Waals surface area contributed by atoms with E-state index in [1.54, 1.807) is 7.05 Å². The first-order valence-electron chi connectivity index (χ1n) is 4.77. The summed E-state index contributed by atoms with van der Waals surface area (Å²) in [7, 11) is 1.70. The lowest BCUT2D eigenvalue weighted by atomic mass is 9.98. The van der Waals surface area contributed by atoms with E-state index in [1.807, 2.05) is 0 Å². The Morgan fingerprint density at radius 1 is 1.50 bits per heavy atom. The van der Waals surface area contributed by atoms with Gasteiger partial charge in [0.25, 0.3) is 0 Å². The maximum atomic E-state index is 11.2. The topological polar surface area (TPSA) is 29.1 Å². The number of rotatable bonds is 6. The van der Waals surface area contributed by atoms with E-state index in [9.17, 15) is 4.79 Å². The van der Waals surface area contributed by atoms with Gasteiger partial charge < -0.3 is 5.32 Å². The summed E-state index contributed by atoms with van der Waals surface area (Å²) in [5.41, 5.74) is 0. The summed E-state index contributed by atoms with van der Waals surface area (Å²) < 4.78 is 0. The molecule has 0 saturated carbocycles. The lowest BCUT2D eigenvalue weighted by Crippen LogP contribution is -2.26. The summed E-state index contributed by atoms with van der Waals surface area (Å²) in [6.07, 6.45) is 5.18. The number of nitrogens with one attached hydrogen (secondary N) is 1. The van der Waals surface area contributed by atoms with Gasteiger partial charge in [-0.15, -0.1) is 0 Å². The normalized spacial score (nSPS) is 12.6. The van der Waals surface area contributed by atoms with Gasteiger partial charge in [0.15, 0.2) is 0 Å². The molecule has 0 fully saturated rings. The van der Waals surface area contributed by atoms with Crippen LogP contribution in [0.15, 0.2) is 0 Å². The molecule has 0 aliphatic rings. The smallest absolute Gasteiger partial charge is 0.222 e. The number of amides is 1. The van der Waals surface area contributed by atoms with Crippen molar-refractivity contribution in [1.82, 2.24) is 5.32 Å². The lowest BCUT2D eigenvalue weighted by Gasteiger charge is -2.11. The van der Waals surface area contributed by atoms with Gasteiger partial charge in [-0.1, -0.05) is 33.1 Å². The molecule has 0 saturated heterocycles. The van der Waals surface area contributed by atoms with E-state index in [0.717, 1.165) is 32.1 Å². The van der Waals surface area contributed by atoms with Crippen LogP contribution in [0.5, 0.6) is 0 Å². The van der Waals surface area contributed by atoms with Crippen molar-refractivity contribution < 1.29 is 4.79 Å². The molecule has 2 heteroatoms. The highest BCUT2D eigenvalue weighted by atomic mass is 16.1. The molecule has 1 atom stereocenters. The maximum absolute atomic E-state index is 11.2. The fourth-order valence-corrected chi connectivity index (χ4v) is 1.29. The van der Waals surface area contributed by atoms with Gasteiger partial charge in [-0.25, -0.2) is 0 Å². The quantitative estimate of drug-likeness (QED) is 0.608. The molecule has 0 bridgehead atoms. The van der Waals surface area contributed by atoms with Crippen LogP contribution in [0.3, 0.4) is 0 Å². The summed E-state index contributed by atoms with van der Waals surface area (Å²) in [5, 5.41) is 2.69. The lowest BCUT2D eigenvalue weighted by molar-refractivity contribution is -0.124. The minimum atomic E-state index is 0.182. The van der Waals surface area contributed by atoms with Crippen LogP contribution in [-0.2, 0) is 4.79 Å². The molecule has 2 nitrogen and oxygen atoms in total. The predicted octanol–water partition coefficient (Wildman–Crippen LogP) is 2.15. The number of hydrogen-bond acceptors (Lipinski definition) is 1. The van der Waals surface area contributed by atoms with Crippen LogP contribution in [0.4, 0.5) is 0 Å². The second-order valence-corrected chi connectivity index (χ2v) is 3.07. The van der Waals surface area contributed by atoms with E-state index >= 15 is 0 Å². The first kappa shape index (κ1) is 11.5. The van der Waals surface area contributed by atoms with E-state index in [1.165, 1.54) is 0 Å². The third-order valence-corrected chi connectivity index (χ3v) is 2.16. The van der Waals surface area contributed by atoms with Crippen molar-refractivity contribution in [2.24, 2.45) is 5.92 Å². The molecule has 0 aromatic rings. The minimum absolute atomic E-state index is 0.182. The van der Waals surface area contributed by atoms with Crippen LogP contribution in [0.25, 0.3) is 0 Å². The van der Waals surface area contributed by atoms with Crippen molar-refractivity contribution in [2.75, 3.05) is 7.05 Å².